The molecule has 174 valence electrons. The number of unbranched alkanes of at least 4 members (excludes halogenated alkanes) is 2. The molecule has 4 heteroatoms. The van der Waals surface area contributed by atoms with Crippen molar-refractivity contribution in [1.29, 1.82) is 0 Å². The second-order valence-corrected chi connectivity index (χ2v) is 7.14. The van der Waals surface area contributed by atoms with Gasteiger partial charge in [0.05, 0.1) is 13.2 Å². The van der Waals surface area contributed by atoms with Gasteiger partial charge in [0.15, 0.2) is 0 Å². The smallest absolute Gasteiger partial charge is 0.333 e. The largest absolute Gasteiger partial charge is 0.462 e. The summed E-state index contributed by atoms with van der Waals surface area (Å²) >= 11 is 0. The first kappa shape index (κ1) is 30.6. The van der Waals surface area contributed by atoms with E-state index in [1.54, 1.807) is 6.92 Å². The van der Waals surface area contributed by atoms with Gasteiger partial charge in [-0.05, 0) is 31.2 Å². The molecule has 0 amide bonds. The Labute approximate surface area is 190 Å². The lowest BCUT2D eigenvalue weighted by atomic mass is 10.0. The van der Waals surface area contributed by atoms with E-state index in [1.165, 1.54) is 24.5 Å². The Hall–Kier alpha value is -2.62. The maximum Gasteiger partial charge on any atom is 0.333 e. The summed E-state index contributed by atoms with van der Waals surface area (Å²) in [5, 5.41) is 0. The fourth-order valence-corrected chi connectivity index (χ4v) is 2.18. The van der Waals surface area contributed by atoms with Crippen molar-refractivity contribution in [1.82, 2.24) is 0 Å². The highest BCUT2D eigenvalue weighted by Gasteiger charge is 2.07. The molecule has 0 spiro atoms. The summed E-state index contributed by atoms with van der Waals surface area (Å²) in [7, 11) is 0. The molecule has 0 aromatic heterocycles. The third-order valence-corrected chi connectivity index (χ3v) is 4.29. The number of hydrogen-bond donors (Lipinski definition) is 0. The normalized spacial score (nSPS) is 10.2. The van der Waals surface area contributed by atoms with Gasteiger partial charge in [-0.25, -0.2) is 9.59 Å². The van der Waals surface area contributed by atoms with E-state index in [0.717, 1.165) is 25.7 Å². The molecule has 0 fully saturated rings. The standard InChI is InChI=1S/C11H20O2.C8H14O2.C8H8/c1-4-7-8-10(5-2)9-13-11(12)6-3;1-4-5-6-10-8(9)7(2)3;1-2-8-6-4-3-5-7-8/h6,10H,3-5,7-9H2,1-2H3;2,4-6H2,1,3H3;2-7H,1H2. The summed E-state index contributed by atoms with van der Waals surface area (Å²) in [4.78, 5) is 21.5. The van der Waals surface area contributed by atoms with Crippen LogP contribution in [0.5, 0.6) is 0 Å². The molecule has 0 N–H and O–H groups in total. The Morgan fingerprint density at radius 2 is 1.61 bits per heavy atom. The van der Waals surface area contributed by atoms with Gasteiger partial charge < -0.3 is 9.47 Å². The van der Waals surface area contributed by atoms with Gasteiger partial charge in [-0.15, -0.1) is 0 Å². The number of hydrogen-bond acceptors (Lipinski definition) is 4. The van der Waals surface area contributed by atoms with Crippen LogP contribution in [0.25, 0.3) is 6.08 Å². The highest BCUT2D eigenvalue weighted by atomic mass is 16.5. The third kappa shape index (κ3) is 20.4. The second-order valence-electron chi connectivity index (χ2n) is 7.14. The first-order valence-corrected chi connectivity index (χ1v) is 11.1. The van der Waals surface area contributed by atoms with Crippen molar-refractivity contribution in [2.45, 2.75) is 66.2 Å². The van der Waals surface area contributed by atoms with Gasteiger partial charge in [0, 0.05) is 11.6 Å². The van der Waals surface area contributed by atoms with E-state index in [4.69, 9.17) is 9.47 Å². The third-order valence-electron chi connectivity index (χ3n) is 4.29. The monoisotopic (exact) mass is 430 g/mol. The van der Waals surface area contributed by atoms with E-state index in [2.05, 4.69) is 40.5 Å². The Morgan fingerprint density at radius 3 is 2.03 bits per heavy atom. The van der Waals surface area contributed by atoms with Crippen molar-refractivity contribution in [3.63, 3.8) is 0 Å². The first-order valence-electron chi connectivity index (χ1n) is 11.1. The molecule has 31 heavy (non-hydrogen) atoms. The summed E-state index contributed by atoms with van der Waals surface area (Å²) in [5.74, 6) is -0.0766. The molecule has 0 heterocycles. The van der Waals surface area contributed by atoms with Gasteiger partial charge in [-0.2, -0.15) is 0 Å². The van der Waals surface area contributed by atoms with Crippen LogP contribution >= 0.6 is 0 Å². The van der Waals surface area contributed by atoms with Crippen molar-refractivity contribution >= 4 is 18.0 Å². The van der Waals surface area contributed by atoms with E-state index in [0.29, 0.717) is 24.7 Å². The van der Waals surface area contributed by atoms with Crippen LogP contribution in [0, 0.1) is 5.92 Å². The summed E-state index contributed by atoms with van der Waals surface area (Å²) in [6, 6.07) is 10.0. The van der Waals surface area contributed by atoms with Crippen molar-refractivity contribution in [2.75, 3.05) is 13.2 Å². The van der Waals surface area contributed by atoms with Crippen LogP contribution in [0.2, 0.25) is 0 Å². The Bertz CT molecular complexity index is 619. The molecule has 0 saturated carbocycles. The van der Waals surface area contributed by atoms with E-state index in [9.17, 15) is 9.59 Å². The van der Waals surface area contributed by atoms with Crippen molar-refractivity contribution in [2.24, 2.45) is 5.92 Å². The van der Waals surface area contributed by atoms with Gasteiger partial charge in [0.25, 0.3) is 0 Å². The zero-order valence-corrected chi connectivity index (χ0v) is 20.0. The molecule has 0 aliphatic carbocycles. The number of carbonyl (C=O) groups is 2. The van der Waals surface area contributed by atoms with Gasteiger partial charge in [0.2, 0.25) is 0 Å². The first-order chi connectivity index (χ1) is 14.9. The predicted octanol–water partition coefficient (Wildman–Crippen LogP) is 7.17. The fourth-order valence-electron chi connectivity index (χ4n) is 2.18. The van der Waals surface area contributed by atoms with E-state index >= 15 is 0 Å². The van der Waals surface area contributed by atoms with Crippen LogP contribution in [0.3, 0.4) is 0 Å². The van der Waals surface area contributed by atoms with Crippen LogP contribution in [0.1, 0.15) is 71.8 Å². The molecule has 1 aromatic carbocycles. The van der Waals surface area contributed by atoms with E-state index in [1.807, 2.05) is 36.4 Å². The summed E-state index contributed by atoms with van der Waals surface area (Å²) in [5.41, 5.74) is 1.64. The zero-order valence-electron chi connectivity index (χ0n) is 20.0. The predicted molar refractivity (Wildman–Crippen MR) is 132 cm³/mol. The molecule has 1 unspecified atom stereocenters. The van der Waals surface area contributed by atoms with Crippen molar-refractivity contribution in [3.8, 4) is 0 Å². The Morgan fingerprint density at radius 1 is 1.00 bits per heavy atom. The average Bonchev–Trinajstić information content (AvgIpc) is 2.80. The van der Waals surface area contributed by atoms with Gasteiger partial charge >= 0.3 is 11.9 Å². The Kier molecular flexibility index (Phi) is 21.8. The minimum Gasteiger partial charge on any atom is -0.462 e. The molecular weight excluding hydrogens is 388 g/mol. The van der Waals surface area contributed by atoms with Crippen LogP contribution in [-0.2, 0) is 19.1 Å². The lowest BCUT2D eigenvalue weighted by molar-refractivity contribution is -0.140. The van der Waals surface area contributed by atoms with Crippen LogP contribution in [0.4, 0.5) is 0 Å². The molecule has 4 nitrogen and oxygen atoms in total. The van der Waals surface area contributed by atoms with Crippen molar-refractivity contribution < 1.29 is 19.1 Å². The molecule has 1 atom stereocenters. The second kappa shape index (κ2) is 22.1. The summed E-state index contributed by atoms with van der Waals surface area (Å²) in [6.07, 6.45) is 9.66. The molecule has 1 aromatic rings. The molecule has 0 saturated heterocycles. The maximum atomic E-state index is 10.8. The maximum absolute atomic E-state index is 10.8. The summed E-state index contributed by atoms with van der Waals surface area (Å²) in [6.45, 7) is 19.5. The topological polar surface area (TPSA) is 52.6 Å². The summed E-state index contributed by atoms with van der Waals surface area (Å²) < 4.78 is 9.79. The minimum atomic E-state index is -0.310. The van der Waals surface area contributed by atoms with Crippen molar-refractivity contribution in [3.05, 3.63) is 67.3 Å². The van der Waals surface area contributed by atoms with E-state index in [-0.39, 0.29) is 11.9 Å². The quantitative estimate of drug-likeness (QED) is 0.200. The van der Waals surface area contributed by atoms with Crippen LogP contribution in [0.15, 0.2) is 61.7 Å². The van der Waals surface area contributed by atoms with E-state index < -0.39 is 0 Å². The number of esters is 2. The van der Waals surface area contributed by atoms with Gasteiger partial charge in [0.1, 0.15) is 0 Å². The molecular formula is C27H42O4. The molecule has 0 aliphatic rings. The van der Waals surface area contributed by atoms with Crippen LogP contribution < -0.4 is 0 Å². The van der Waals surface area contributed by atoms with Gasteiger partial charge in [-0.1, -0.05) is 103 Å². The highest BCUT2D eigenvalue weighted by Crippen LogP contribution is 2.12. The minimum absolute atomic E-state index is 0.284. The SMILES string of the molecule is C=C(C)C(=O)OCCCC.C=CC(=O)OCC(CC)CCCC.C=Cc1ccccc1. The highest BCUT2D eigenvalue weighted by molar-refractivity contribution is 5.86. The zero-order chi connectivity index (χ0) is 23.9. The fraction of sp³-hybridized carbons (Fsp3) is 0.481. The number of ether oxygens (including phenoxy) is 2. The molecule has 0 bridgehead atoms. The number of benzene rings is 1. The molecule has 0 radical (unpaired) electrons. The molecule has 1 rings (SSSR count). The Balaban J connectivity index is 0. The lowest BCUT2D eigenvalue weighted by Gasteiger charge is -2.13. The van der Waals surface area contributed by atoms with Crippen LogP contribution in [-0.4, -0.2) is 25.2 Å². The average molecular weight is 431 g/mol. The lowest BCUT2D eigenvalue weighted by Crippen LogP contribution is -2.12. The van der Waals surface area contributed by atoms with Gasteiger partial charge in [-0.3, -0.25) is 0 Å². The number of carbonyl (C=O) groups excluding carboxylic acids is 2. The number of rotatable bonds is 12. The molecule has 0 aliphatic heterocycles.